The lowest BCUT2D eigenvalue weighted by Crippen LogP contribution is -2.33. The number of sulfone groups is 1. The largest absolute Gasteiger partial charge is 0.314 e. The third-order valence-electron chi connectivity index (χ3n) is 3.86. The molecule has 1 saturated heterocycles. The summed E-state index contributed by atoms with van der Waals surface area (Å²) in [6, 6.07) is 8.58. The highest BCUT2D eigenvalue weighted by molar-refractivity contribution is 9.10. The Kier molecular flexibility index (Phi) is 5.64. The van der Waals surface area contributed by atoms with Gasteiger partial charge in [-0.1, -0.05) is 41.1 Å². The third kappa shape index (κ3) is 4.57. The van der Waals surface area contributed by atoms with E-state index in [0.717, 1.165) is 30.3 Å². The fraction of sp³-hybridized carbons (Fsp3) is 0.600. The van der Waals surface area contributed by atoms with E-state index in [1.807, 2.05) is 12.1 Å². The first-order valence-electron chi connectivity index (χ1n) is 7.17. The van der Waals surface area contributed by atoms with Gasteiger partial charge in [0, 0.05) is 10.5 Å². The molecule has 2 atom stereocenters. The molecule has 1 fully saturated rings. The molecule has 1 aromatic carbocycles. The summed E-state index contributed by atoms with van der Waals surface area (Å²) < 4.78 is 24.3. The van der Waals surface area contributed by atoms with Gasteiger partial charge in [-0.3, -0.25) is 0 Å². The minimum atomic E-state index is -2.77. The van der Waals surface area contributed by atoms with Crippen LogP contribution in [0, 0.1) is 5.92 Å². The van der Waals surface area contributed by atoms with Crippen molar-refractivity contribution in [2.75, 3.05) is 18.1 Å². The molecule has 1 aromatic rings. The van der Waals surface area contributed by atoms with Crippen molar-refractivity contribution >= 4 is 25.8 Å². The zero-order valence-electron chi connectivity index (χ0n) is 11.8. The van der Waals surface area contributed by atoms with Crippen molar-refractivity contribution in [3.8, 4) is 0 Å². The molecular weight excluding hydrogens is 338 g/mol. The van der Waals surface area contributed by atoms with E-state index in [-0.39, 0.29) is 0 Å². The lowest BCUT2D eigenvalue weighted by Gasteiger charge is -2.21. The van der Waals surface area contributed by atoms with Gasteiger partial charge in [0.2, 0.25) is 0 Å². The molecule has 20 heavy (non-hydrogen) atoms. The van der Waals surface area contributed by atoms with Gasteiger partial charge in [-0.15, -0.1) is 0 Å². The Hall–Kier alpha value is -0.390. The summed E-state index contributed by atoms with van der Waals surface area (Å²) in [4.78, 5) is 0. The summed E-state index contributed by atoms with van der Waals surface area (Å²) in [7, 11) is -2.77. The number of halogens is 1. The molecule has 1 aliphatic heterocycles. The summed E-state index contributed by atoms with van der Waals surface area (Å²) in [6.07, 6.45) is 2.69. The van der Waals surface area contributed by atoms with Gasteiger partial charge in [-0.25, -0.2) is 8.42 Å². The maximum atomic E-state index is 11.6. The predicted octanol–water partition coefficient (Wildman–Crippen LogP) is 2.79. The fourth-order valence-electron chi connectivity index (χ4n) is 2.92. The Morgan fingerprint density at radius 3 is 2.75 bits per heavy atom. The van der Waals surface area contributed by atoms with Crippen LogP contribution in [0.3, 0.4) is 0 Å². The van der Waals surface area contributed by atoms with E-state index < -0.39 is 9.84 Å². The van der Waals surface area contributed by atoms with Crippen molar-refractivity contribution in [1.82, 2.24) is 5.32 Å². The lowest BCUT2D eigenvalue weighted by atomic mass is 9.94. The van der Waals surface area contributed by atoms with Crippen LogP contribution in [0.1, 0.15) is 25.3 Å². The van der Waals surface area contributed by atoms with E-state index in [1.54, 1.807) is 0 Å². The molecule has 1 N–H and O–H groups in total. The monoisotopic (exact) mass is 359 g/mol. The van der Waals surface area contributed by atoms with Crippen molar-refractivity contribution in [3.63, 3.8) is 0 Å². The van der Waals surface area contributed by atoms with Crippen LogP contribution >= 0.6 is 15.9 Å². The maximum Gasteiger partial charge on any atom is 0.150 e. The van der Waals surface area contributed by atoms with Crippen molar-refractivity contribution in [1.29, 1.82) is 0 Å². The molecule has 5 heteroatoms. The topological polar surface area (TPSA) is 46.2 Å². The fourth-order valence-corrected chi connectivity index (χ4v) is 5.24. The molecular formula is C15H22BrNO2S. The van der Waals surface area contributed by atoms with Crippen molar-refractivity contribution in [2.45, 2.75) is 32.2 Å². The highest BCUT2D eigenvalue weighted by Crippen LogP contribution is 2.25. The Balaban J connectivity index is 1.99. The van der Waals surface area contributed by atoms with Crippen molar-refractivity contribution in [2.24, 2.45) is 5.92 Å². The number of hydrogen-bond acceptors (Lipinski definition) is 3. The maximum absolute atomic E-state index is 11.6. The Labute approximate surface area is 130 Å². The molecule has 0 spiro atoms. The van der Waals surface area contributed by atoms with Gasteiger partial charge in [-0.05, 0) is 43.4 Å². The van der Waals surface area contributed by atoms with Gasteiger partial charge in [0.1, 0.15) is 0 Å². The summed E-state index contributed by atoms with van der Waals surface area (Å²) in [5.74, 6) is 1.04. The van der Waals surface area contributed by atoms with Crippen molar-refractivity contribution < 1.29 is 8.42 Å². The standard InChI is InChI=1S/C15H22BrNO2S/c1-2-17-14(9-12-7-8-20(18,19)11-12)10-13-5-3-4-6-15(13)16/h3-6,12,14,17H,2,7-11H2,1H3. The van der Waals surface area contributed by atoms with Crippen LogP contribution in [-0.2, 0) is 16.3 Å². The first-order chi connectivity index (χ1) is 9.50. The molecule has 1 heterocycles. The van der Waals surface area contributed by atoms with Crippen LogP contribution in [0.25, 0.3) is 0 Å². The Morgan fingerprint density at radius 1 is 1.40 bits per heavy atom. The zero-order chi connectivity index (χ0) is 14.6. The van der Waals surface area contributed by atoms with Crippen LogP contribution in [0.15, 0.2) is 28.7 Å². The second-order valence-corrected chi connectivity index (χ2v) is 8.64. The van der Waals surface area contributed by atoms with Crippen LogP contribution < -0.4 is 5.32 Å². The zero-order valence-corrected chi connectivity index (χ0v) is 14.2. The molecule has 2 unspecified atom stereocenters. The predicted molar refractivity (Wildman–Crippen MR) is 86.7 cm³/mol. The van der Waals surface area contributed by atoms with Gasteiger partial charge in [0.15, 0.2) is 9.84 Å². The summed E-state index contributed by atoms with van der Waals surface area (Å²) in [5.41, 5.74) is 1.28. The molecule has 0 radical (unpaired) electrons. The lowest BCUT2D eigenvalue weighted by molar-refractivity contribution is 0.409. The van der Waals surface area contributed by atoms with Gasteiger partial charge >= 0.3 is 0 Å². The van der Waals surface area contributed by atoms with E-state index in [0.29, 0.717) is 23.5 Å². The van der Waals surface area contributed by atoms with Gasteiger partial charge in [0.05, 0.1) is 11.5 Å². The Morgan fingerprint density at radius 2 is 2.15 bits per heavy atom. The average molecular weight is 360 g/mol. The molecule has 0 saturated carbocycles. The molecule has 0 aromatic heterocycles. The van der Waals surface area contributed by atoms with Gasteiger partial charge in [-0.2, -0.15) is 0 Å². The van der Waals surface area contributed by atoms with E-state index in [1.165, 1.54) is 5.56 Å². The van der Waals surface area contributed by atoms with Crippen LogP contribution in [-0.4, -0.2) is 32.5 Å². The summed E-state index contributed by atoms with van der Waals surface area (Å²) >= 11 is 3.58. The second kappa shape index (κ2) is 7.05. The minimum absolute atomic E-state index is 0.312. The summed E-state index contributed by atoms with van der Waals surface area (Å²) in [6.45, 7) is 3.01. The SMILES string of the molecule is CCNC(Cc1ccccc1Br)CC1CCS(=O)(=O)C1. The van der Waals surface area contributed by atoms with Crippen LogP contribution in [0.2, 0.25) is 0 Å². The highest BCUT2D eigenvalue weighted by Gasteiger charge is 2.29. The van der Waals surface area contributed by atoms with E-state index in [2.05, 4.69) is 40.3 Å². The molecule has 1 aliphatic rings. The molecule has 0 aliphatic carbocycles. The quantitative estimate of drug-likeness (QED) is 0.849. The molecule has 3 nitrogen and oxygen atoms in total. The number of hydrogen-bond donors (Lipinski definition) is 1. The van der Waals surface area contributed by atoms with Crippen LogP contribution in [0.5, 0.6) is 0 Å². The summed E-state index contributed by atoms with van der Waals surface area (Å²) in [5, 5.41) is 3.50. The van der Waals surface area contributed by atoms with Crippen molar-refractivity contribution in [3.05, 3.63) is 34.3 Å². The van der Waals surface area contributed by atoms with E-state index in [4.69, 9.17) is 0 Å². The van der Waals surface area contributed by atoms with Crippen LogP contribution in [0.4, 0.5) is 0 Å². The first-order valence-corrected chi connectivity index (χ1v) is 9.79. The minimum Gasteiger partial charge on any atom is -0.314 e. The van der Waals surface area contributed by atoms with E-state index >= 15 is 0 Å². The first kappa shape index (κ1) is 16.0. The molecule has 0 bridgehead atoms. The number of rotatable bonds is 6. The normalized spacial score (nSPS) is 22.8. The third-order valence-corrected chi connectivity index (χ3v) is 6.47. The smallest absolute Gasteiger partial charge is 0.150 e. The molecule has 0 amide bonds. The van der Waals surface area contributed by atoms with Gasteiger partial charge < -0.3 is 5.32 Å². The average Bonchev–Trinajstić information content (AvgIpc) is 2.72. The molecule has 112 valence electrons. The highest BCUT2D eigenvalue weighted by atomic mass is 79.9. The van der Waals surface area contributed by atoms with Gasteiger partial charge in [0.25, 0.3) is 0 Å². The Bertz CT molecular complexity index is 545. The molecule has 2 rings (SSSR count). The number of benzene rings is 1. The number of nitrogens with one attached hydrogen (secondary N) is 1. The second-order valence-electron chi connectivity index (χ2n) is 5.55. The number of likely N-dealkylation sites (N-methyl/N-ethyl adjacent to an activating group) is 1. The van der Waals surface area contributed by atoms with E-state index in [9.17, 15) is 8.42 Å².